The van der Waals surface area contributed by atoms with Crippen molar-refractivity contribution in [1.82, 2.24) is 10.2 Å². The van der Waals surface area contributed by atoms with Crippen LogP contribution in [0.3, 0.4) is 0 Å². The monoisotopic (exact) mass is 374 g/mol. The molecule has 7 heteroatoms. The number of methoxy groups -OCH3 is 1. The van der Waals surface area contributed by atoms with Crippen molar-refractivity contribution in [2.24, 2.45) is 5.92 Å². The molecule has 3 rings (SSSR count). The van der Waals surface area contributed by atoms with Gasteiger partial charge in [0.05, 0.1) is 13.0 Å². The highest BCUT2D eigenvalue weighted by Crippen LogP contribution is 2.29. The highest BCUT2D eigenvalue weighted by Gasteiger charge is 2.39. The number of nitrogens with one attached hydrogen (secondary N) is 1. The zero-order valence-corrected chi connectivity index (χ0v) is 15.6. The second kappa shape index (κ2) is 8.88. The van der Waals surface area contributed by atoms with Crippen molar-refractivity contribution < 1.29 is 23.9 Å². The number of carbonyl (C=O) groups excluding carboxylic acids is 3. The first-order valence-corrected chi connectivity index (χ1v) is 9.42. The molecule has 0 unspecified atom stereocenters. The Hall–Kier alpha value is -2.57. The Bertz CT molecular complexity index is 682. The summed E-state index contributed by atoms with van der Waals surface area (Å²) >= 11 is 0. The van der Waals surface area contributed by atoms with Crippen LogP contribution in [0.25, 0.3) is 0 Å². The van der Waals surface area contributed by atoms with Crippen molar-refractivity contribution >= 4 is 17.8 Å². The fourth-order valence-corrected chi connectivity index (χ4v) is 3.71. The first-order valence-electron chi connectivity index (χ1n) is 9.42. The van der Waals surface area contributed by atoms with E-state index in [9.17, 15) is 14.4 Å². The van der Waals surface area contributed by atoms with Gasteiger partial charge in [-0.3, -0.25) is 14.4 Å². The minimum absolute atomic E-state index is 0.0211. The highest BCUT2D eigenvalue weighted by atomic mass is 16.5. The molecule has 0 spiro atoms. The van der Waals surface area contributed by atoms with Crippen LogP contribution in [0.4, 0.5) is 0 Å². The second-order valence-electron chi connectivity index (χ2n) is 7.12. The summed E-state index contributed by atoms with van der Waals surface area (Å²) in [6, 6.07) is 7.60. The number of hydrogen-bond acceptors (Lipinski definition) is 5. The fourth-order valence-electron chi connectivity index (χ4n) is 3.71. The summed E-state index contributed by atoms with van der Waals surface area (Å²) < 4.78 is 10.2. The summed E-state index contributed by atoms with van der Waals surface area (Å²) in [6.07, 6.45) is 4.49. The lowest BCUT2D eigenvalue weighted by molar-refractivity contribution is -0.152. The van der Waals surface area contributed by atoms with Crippen molar-refractivity contribution in [1.29, 1.82) is 0 Å². The Balaban J connectivity index is 1.39. The van der Waals surface area contributed by atoms with Crippen LogP contribution < -0.4 is 10.1 Å². The number of benzene rings is 1. The van der Waals surface area contributed by atoms with Crippen molar-refractivity contribution in [3.05, 3.63) is 29.8 Å². The third-order valence-corrected chi connectivity index (χ3v) is 5.25. The van der Waals surface area contributed by atoms with E-state index in [1.54, 1.807) is 7.11 Å². The van der Waals surface area contributed by atoms with Crippen molar-refractivity contribution in [2.45, 2.75) is 44.7 Å². The Morgan fingerprint density at radius 3 is 2.56 bits per heavy atom. The van der Waals surface area contributed by atoms with Crippen LogP contribution in [0.5, 0.6) is 5.75 Å². The zero-order valence-electron chi connectivity index (χ0n) is 15.6. The third kappa shape index (κ3) is 4.99. The number of carbonyl (C=O) groups is 3. The maximum atomic E-state index is 12.2. The van der Waals surface area contributed by atoms with Gasteiger partial charge in [-0.15, -0.1) is 0 Å². The van der Waals surface area contributed by atoms with Gasteiger partial charge < -0.3 is 19.7 Å². The molecule has 1 aromatic rings. The zero-order chi connectivity index (χ0) is 19.2. The minimum Gasteiger partial charge on any atom is -0.497 e. The van der Waals surface area contributed by atoms with E-state index in [4.69, 9.17) is 9.47 Å². The maximum Gasteiger partial charge on any atom is 0.311 e. The first-order chi connectivity index (χ1) is 13.1. The van der Waals surface area contributed by atoms with Crippen molar-refractivity contribution in [3.63, 3.8) is 0 Å². The average Bonchev–Trinajstić information content (AvgIpc) is 3.34. The van der Waals surface area contributed by atoms with Gasteiger partial charge in [0.1, 0.15) is 5.75 Å². The smallest absolute Gasteiger partial charge is 0.311 e. The molecule has 1 atom stereocenters. The lowest BCUT2D eigenvalue weighted by atomic mass is 10.1. The van der Waals surface area contributed by atoms with E-state index in [2.05, 4.69) is 5.32 Å². The molecule has 2 fully saturated rings. The second-order valence-corrected chi connectivity index (χ2v) is 7.12. The van der Waals surface area contributed by atoms with Gasteiger partial charge in [-0.25, -0.2) is 0 Å². The Kier molecular flexibility index (Phi) is 6.32. The lowest BCUT2D eigenvalue weighted by Crippen LogP contribution is -2.35. The standard InChI is InChI=1S/C20H26N2O5/c1-26-17-8-6-14(7-9-17)11-21-18(23)13-27-20(25)15-10-19(24)22(12-15)16-4-2-3-5-16/h6-9,15-16H,2-5,10-13H2,1H3,(H,21,23)/t15-/m0/s1. The number of hydrogen-bond donors (Lipinski definition) is 1. The van der Waals surface area contributed by atoms with Gasteiger partial charge in [0, 0.05) is 25.6 Å². The summed E-state index contributed by atoms with van der Waals surface area (Å²) in [5, 5.41) is 2.71. The normalized spacial score (nSPS) is 20.0. The first kappa shape index (κ1) is 19.2. The minimum atomic E-state index is -0.469. The summed E-state index contributed by atoms with van der Waals surface area (Å²) in [6.45, 7) is 0.427. The molecule has 0 aromatic heterocycles. The van der Waals surface area contributed by atoms with Crippen LogP contribution in [-0.2, 0) is 25.7 Å². The van der Waals surface area contributed by atoms with E-state index in [0.29, 0.717) is 13.1 Å². The van der Waals surface area contributed by atoms with Gasteiger partial charge in [-0.1, -0.05) is 25.0 Å². The summed E-state index contributed by atoms with van der Waals surface area (Å²) in [5.74, 6) is -0.531. The van der Waals surface area contributed by atoms with Gasteiger partial charge in [0.15, 0.2) is 6.61 Å². The maximum absolute atomic E-state index is 12.2. The van der Waals surface area contributed by atoms with E-state index < -0.39 is 11.9 Å². The quantitative estimate of drug-likeness (QED) is 0.734. The van der Waals surface area contributed by atoms with Crippen LogP contribution >= 0.6 is 0 Å². The third-order valence-electron chi connectivity index (χ3n) is 5.25. The Labute approximate surface area is 159 Å². The number of rotatable bonds is 7. The van der Waals surface area contributed by atoms with Crippen molar-refractivity contribution in [2.75, 3.05) is 20.3 Å². The highest BCUT2D eigenvalue weighted by molar-refractivity contribution is 5.88. The van der Waals surface area contributed by atoms with E-state index in [-0.39, 0.29) is 30.9 Å². The number of esters is 1. The number of likely N-dealkylation sites (tertiary alicyclic amines) is 1. The predicted octanol–water partition coefficient (Wildman–Crippen LogP) is 1.65. The molecule has 0 bridgehead atoms. The number of nitrogens with zero attached hydrogens (tertiary/aromatic N) is 1. The molecule has 1 aromatic carbocycles. The lowest BCUT2D eigenvalue weighted by Gasteiger charge is -2.23. The molecule has 1 aliphatic heterocycles. The molecule has 0 radical (unpaired) electrons. The van der Waals surface area contributed by atoms with Gasteiger partial charge in [0.25, 0.3) is 5.91 Å². The van der Waals surface area contributed by atoms with Gasteiger partial charge >= 0.3 is 5.97 Å². The van der Waals surface area contributed by atoms with Crippen LogP contribution in [0.2, 0.25) is 0 Å². The molecule has 1 saturated carbocycles. The summed E-state index contributed by atoms with van der Waals surface area (Å²) in [5.41, 5.74) is 0.920. The fraction of sp³-hybridized carbons (Fsp3) is 0.550. The topological polar surface area (TPSA) is 84.9 Å². The Morgan fingerprint density at radius 1 is 1.19 bits per heavy atom. The van der Waals surface area contributed by atoms with Crippen LogP contribution in [0, 0.1) is 5.92 Å². The van der Waals surface area contributed by atoms with Crippen LogP contribution in [0.1, 0.15) is 37.7 Å². The van der Waals surface area contributed by atoms with Crippen LogP contribution in [-0.4, -0.2) is 49.0 Å². The molecule has 1 heterocycles. The number of amides is 2. The molecule has 146 valence electrons. The molecule has 1 aliphatic carbocycles. The molecule has 2 amide bonds. The van der Waals surface area contributed by atoms with E-state index in [1.165, 1.54) is 0 Å². The predicted molar refractivity (Wildman–Crippen MR) is 97.9 cm³/mol. The number of ether oxygens (including phenoxy) is 2. The van der Waals surface area contributed by atoms with Gasteiger partial charge in [-0.05, 0) is 30.5 Å². The molecule has 1 N–H and O–H groups in total. The largest absolute Gasteiger partial charge is 0.497 e. The van der Waals surface area contributed by atoms with E-state index >= 15 is 0 Å². The van der Waals surface area contributed by atoms with Crippen molar-refractivity contribution in [3.8, 4) is 5.75 Å². The van der Waals surface area contributed by atoms with Gasteiger partial charge in [-0.2, -0.15) is 0 Å². The summed E-state index contributed by atoms with van der Waals surface area (Å²) in [4.78, 5) is 38.1. The molecule has 7 nitrogen and oxygen atoms in total. The molecule has 27 heavy (non-hydrogen) atoms. The molecular weight excluding hydrogens is 348 g/mol. The van der Waals surface area contributed by atoms with Gasteiger partial charge in [0.2, 0.25) is 5.91 Å². The Morgan fingerprint density at radius 2 is 1.89 bits per heavy atom. The average molecular weight is 374 g/mol. The van der Waals surface area contributed by atoms with E-state index in [1.807, 2.05) is 29.2 Å². The summed E-state index contributed by atoms with van der Waals surface area (Å²) in [7, 11) is 1.59. The molecular formula is C20H26N2O5. The SMILES string of the molecule is COc1ccc(CNC(=O)COC(=O)[C@H]2CC(=O)N(C3CCCC3)C2)cc1. The molecule has 2 aliphatic rings. The van der Waals surface area contributed by atoms with Crippen LogP contribution in [0.15, 0.2) is 24.3 Å². The molecule has 1 saturated heterocycles. The van der Waals surface area contributed by atoms with E-state index in [0.717, 1.165) is 37.0 Å².